The maximum Gasteiger partial charge on any atom is 0.336 e. The molecule has 1 aromatic heterocycles. The van der Waals surface area contributed by atoms with E-state index in [1.807, 2.05) is 0 Å². The number of aromatic carboxylic acids is 1. The van der Waals surface area contributed by atoms with Gasteiger partial charge >= 0.3 is 5.97 Å². The molecule has 0 saturated heterocycles. The highest BCUT2D eigenvalue weighted by Crippen LogP contribution is 2.31. The number of halogens is 1. The predicted octanol–water partition coefficient (Wildman–Crippen LogP) is 2.98. The van der Waals surface area contributed by atoms with Crippen molar-refractivity contribution < 1.29 is 19.4 Å². The van der Waals surface area contributed by atoms with E-state index in [0.29, 0.717) is 16.0 Å². The maximum atomic E-state index is 13.2. The van der Waals surface area contributed by atoms with Gasteiger partial charge in [-0.2, -0.15) is 0 Å². The van der Waals surface area contributed by atoms with Crippen LogP contribution in [0.15, 0.2) is 29.6 Å². The lowest BCUT2D eigenvalue weighted by Crippen LogP contribution is -2.06. The second-order valence-electron chi connectivity index (χ2n) is 3.91. The number of aliphatic hydroxyl groups excluding tert-OH is 1. The SMILES string of the molecule is Cc1ccc(F)cc1C(O)c1sccc1C(=O)O. The second-order valence-corrected chi connectivity index (χ2v) is 4.85. The lowest BCUT2D eigenvalue weighted by atomic mass is 10.0. The van der Waals surface area contributed by atoms with Gasteiger partial charge in [0.2, 0.25) is 0 Å². The monoisotopic (exact) mass is 266 g/mol. The summed E-state index contributed by atoms with van der Waals surface area (Å²) in [5, 5.41) is 20.8. The normalized spacial score (nSPS) is 12.4. The fourth-order valence-electron chi connectivity index (χ4n) is 1.76. The molecule has 0 bridgehead atoms. The van der Waals surface area contributed by atoms with E-state index >= 15 is 0 Å². The maximum absolute atomic E-state index is 13.2. The average molecular weight is 266 g/mol. The Morgan fingerprint density at radius 3 is 2.78 bits per heavy atom. The van der Waals surface area contributed by atoms with Gasteiger partial charge in [-0.3, -0.25) is 0 Å². The zero-order valence-electron chi connectivity index (χ0n) is 9.55. The average Bonchev–Trinajstić information content (AvgIpc) is 2.80. The van der Waals surface area contributed by atoms with Crippen LogP contribution in [0.5, 0.6) is 0 Å². The van der Waals surface area contributed by atoms with Gasteiger partial charge in [0.1, 0.15) is 11.9 Å². The molecule has 1 heterocycles. The van der Waals surface area contributed by atoms with Gasteiger partial charge in [0.15, 0.2) is 0 Å². The topological polar surface area (TPSA) is 57.5 Å². The summed E-state index contributed by atoms with van der Waals surface area (Å²) in [7, 11) is 0. The van der Waals surface area contributed by atoms with Crippen molar-refractivity contribution in [2.24, 2.45) is 0 Å². The lowest BCUT2D eigenvalue weighted by Gasteiger charge is -2.13. The Morgan fingerprint density at radius 2 is 2.11 bits per heavy atom. The quantitative estimate of drug-likeness (QED) is 0.898. The first-order chi connectivity index (χ1) is 8.50. The van der Waals surface area contributed by atoms with Gasteiger partial charge in [-0.25, -0.2) is 9.18 Å². The van der Waals surface area contributed by atoms with Crippen molar-refractivity contribution in [1.82, 2.24) is 0 Å². The fourth-order valence-corrected chi connectivity index (χ4v) is 2.65. The van der Waals surface area contributed by atoms with Crippen LogP contribution in [0, 0.1) is 12.7 Å². The molecule has 1 unspecified atom stereocenters. The van der Waals surface area contributed by atoms with E-state index < -0.39 is 17.9 Å². The lowest BCUT2D eigenvalue weighted by molar-refractivity contribution is 0.0692. The van der Waals surface area contributed by atoms with E-state index in [1.54, 1.807) is 18.4 Å². The molecule has 0 amide bonds. The Kier molecular flexibility index (Phi) is 3.45. The molecule has 0 fully saturated rings. The summed E-state index contributed by atoms with van der Waals surface area (Å²) in [5.41, 5.74) is 1.16. The molecule has 1 aromatic carbocycles. The number of benzene rings is 1. The zero-order valence-corrected chi connectivity index (χ0v) is 10.4. The zero-order chi connectivity index (χ0) is 13.3. The first-order valence-corrected chi connectivity index (χ1v) is 6.13. The van der Waals surface area contributed by atoms with E-state index in [-0.39, 0.29) is 5.56 Å². The molecular formula is C13H11FO3S. The van der Waals surface area contributed by atoms with Crippen molar-refractivity contribution in [2.45, 2.75) is 13.0 Å². The van der Waals surface area contributed by atoms with Gasteiger partial charge in [0, 0.05) is 0 Å². The third-order valence-electron chi connectivity index (χ3n) is 2.71. The second kappa shape index (κ2) is 4.88. The predicted molar refractivity (Wildman–Crippen MR) is 66.5 cm³/mol. The van der Waals surface area contributed by atoms with Crippen molar-refractivity contribution in [3.05, 3.63) is 57.0 Å². The highest BCUT2D eigenvalue weighted by atomic mass is 32.1. The standard InChI is InChI=1S/C13H11FO3S/c1-7-2-3-8(14)6-10(7)11(15)12-9(13(16)17)4-5-18-12/h2-6,11,15H,1H3,(H,16,17). The van der Waals surface area contributed by atoms with E-state index in [0.717, 1.165) is 11.3 Å². The van der Waals surface area contributed by atoms with E-state index in [1.165, 1.54) is 18.2 Å². The molecule has 1 atom stereocenters. The molecule has 0 aliphatic carbocycles. The van der Waals surface area contributed by atoms with Crippen LogP contribution in [0.25, 0.3) is 0 Å². The molecule has 0 spiro atoms. The van der Waals surface area contributed by atoms with Crippen molar-refractivity contribution in [3.63, 3.8) is 0 Å². The van der Waals surface area contributed by atoms with Gasteiger partial charge < -0.3 is 10.2 Å². The number of thiophene rings is 1. The molecular weight excluding hydrogens is 255 g/mol. The summed E-state index contributed by atoms with van der Waals surface area (Å²) in [4.78, 5) is 11.3. The summed E-state index contributed by atoms with van der Waals surface area (Å²) in [5.74, 6) is -1.55. The number of carboxylic acid groups (broad SMARTS) is 1. The molecule has 3 nitrogen and oxygen atoms in total. The van der Waals surface area contributed by atoms with E-state index in [4.69, 9.17) is 5.11 Å². The van der Waals surface area contributed by atoms with Gasteiger partial charge in [0.05, 0.1) is 10.4 Å². The van der Waals surface area contributed by atoms with Gasteiger partial charge in [-0.15, -0.1) is 11.3 Å². The number of hydrogen-bond acceptors (Lipinski definition) is 3. The van der Waals surface area contributed by atoms with Crippen molar-refractivity contribution >= 4 is 17.3 Å². The molecule has 0 radical (unpaired) electrons. The first kappa shape index (κ1) is 12.7. The summed E-state index contributed by atoms with van der Waals surface area (Å²) >= 11 is 1.14. The molecule has 18 heavy (non-hydrogen) atoms. The molecule has 5 heteroatoms. The molecule has 94 valence electrons. The molecule has 2 N–H and O–H groups in total. The third kappa shape index (κ3) is 2.27. The minimum absolute atomic E-state index is 0.0520. The Hall–Kier alpha value is -1.72. The molecule has 2 rings (SSSR count). The number of rotatable bonds is 3. The summed E-state index contributed by atoms with van der Waals surface area (Å²) < 4.78 is 13.2. The van der Waals surface area contributed by atoms with Crippen LogP contribution >= 0.6 is 11.3 Å². The number of hydrogen-bond donors (Lipinski definition) is 2. The Labute approximate surface area is 107 Å². The largest absolute Gasteiger partial charge is 0.478 e. The minimum Gasteiger partial charge on any atom is -0.478 e. The fraction of sp³-hybridized carbons (Fsp3) is 0.154. The third-order valence-corrected chi connectivity index (χ3v) is 3.68. The smallest absolute Gasteiger partial charge is 0.336 e. The number of aliphatic hydroxyl groups is 1. The van der Waals surface area contributed by atoms with Crippen LogP contribution in [0.1, 0.15) is 32.5 Å². The summed E-state index contributed by atoms with van der Waals surface area (Å²) in [6, 6.07) is 5.52. The number of carbonyl (C=O) groups is 1. The highest BCUT2D eigenvalue weighted by Gasteiger charge is 2.21. The van der Waals surface area contributed by atoms with Crippen LogP contribution in [-0.4, -0.2) is 16.2 Å². The van der Waals surface area contributed by atoms with Crippen LogP contribution in [-0.2, 0) is 0 Å². The molecule has 2 aromatic rings. The van der Waals surface area contributed by atoms with Crippen molar-refractivity contribution in [2.75, 3.05) is 0 Å². The van der Waals surface area contributed by atoms with E-state index in [9.17, 15) is 14.3 Å². The van der Waals surface area contributed by atoms with Gasteiger partial charge in [-0.05, 0) is 41.6 Å². The van der Waals surface area contributed by atoms with Crippen LogP contribution in [0.2, 0.25) is 0 Å². The van der Waals surface area contributed by atoms with Crippen molar-refractivity contribution in [1.29, 1.82) is 0 Å². The van der Waals surface area contributed by atoms with Crippen LogP contribution in [0.3, 0.4) is 0 Å². The Bertz CT molecular complexity index is 592. The summed E-state index contributed by atoms with van der Waals surface area (Å²) in [6.07, 6.45) is -1.12. The molecule has 0 aliphatic heterocycles. The number of carboxylic acids is 1. The van der Waals surface area contributed by atoms with Gasteiger partial charge in [-0.1, -0.05) is 6.07 Å². The molecule has 0 aliphatic rings. The Balaban J connectivity index is 2.47. The molecule has 0 saturated carbocycles. The van der Waals surface area contributed by atoms with Crippen molar-refractivity contribution in [3.8, 4) is 0 Å². The highest BCUT2D eigenvalue weighted by molar-refractivity contribution is 7.10. The summed E-state index contributed by atoms with van der Waals surface area (Å²) in [6.45, 7) is 1.74. The van der Waals surface area contributed by atoms with Gasteiger partial charge in [0.25, 0.3) is 0 Å². The number of aryl methyl sites for hydroxylation is 1. The van der Waals surface area contributed by atoms with E-state index in [2.05, 4.69) is 0 Å². The Morgan fingerprint density at radius 1 is 1.39 bits per heavy atom. The minimum atomic E-state index is -1.12. The van der Waals surface area contributed by atoms with Crippen LogP contribution in [0.4, 0.5) is 4.39 Å². The first-order valence-electron chi connectivity index (χ1n) is 5.25. The van der Waals surface area contributed by atoms with Crippen LogP contribution < -0.4 is 0 Å².